The third-order valence-electron chi connectivity index (χ3n) is 0.831. The van der Waals surface area contributed by atoms with Crippen LogP contribution >= 0.6 is 11.6 Å². The maximum atomic E-state index is 5.37. The van der Waals surface area contributed by atoms with Crippen LogP contribution < -0.4 is 0 Å². The fourth-order valence-corrected chi connectivity index (χ4v) is 0.582. The average molecular weight is 153 g/mol. The molecule has 9 heavy (non-hydrogen) atoms. The van der Waals surface area contributed by atoms with Gasteiger partial charge in [0, 0.05) is 12.5 Å². The minimum absolute atomic E-state index is 0.117. The Morgan fingerprint density at radius 3 is 2.56 bits per heavy atom. The van der Waals surface area contributed by atoms with Crippen molar-refractivity contribution in [3.8, 4) is 0 Å². The van der Waals surface area contributed by atoms with E-state index >= 15 is 0 Å². The molecular weight excluding hydrogens is 140 g/mol. The third kappa shape index (κ3) is 6.09. The first-order valence-electron chi connectivity index (χ1n) is 3.10. The molecule has 0 saturated heterocycles. The average Bonchev–Trinajstić information content (AvgIpc) is 1.85. The van der Waals surface area contributed by atoms with Crippen LogP contribution in [0.3, 0.4) is 0 Å². The largest absolute Gasteiger partial charge is 0.353 e. The lowest BCUT2D eigenvalue weighted by molar-refractivity contribution is -0.122. The highest BCUT2D eigenvalue weighted by Crippen LogP contribution is 1.92. The number of alkyl halides is 1. The molecule has 0 spiro atoms. The molecule has 0 unspecified atom stereocenters. The van der Waals surface area contributed by atoms with Gasteiger partial charge in [-0.25, -0.2) is 0 Å². The maximum Gasteiger partial charge on any atom is 0.154 e. The molecule has 0 saturated carbocycles. The van der Waals surface area contributed by atoms with Crippen molar-refractivity contribution in [3.63, 3.8) is 0 Å². The summed E-state index contributed by atoms with van der Waals surface area (Å²) in [4.78, 5) is 0. The molecule has 0 aromatic heterocycles. The zero-order valence-corrected chi connectivity index (χ0v) is 6.65. The fourth-order valence-electron chi connectivity index (χ4n) is 0.493. The van der Waals surface area contributed by atoms with Crippen LogP contribution in [0.5, 0.6) is 0 Å². The van der Waals surface area contributed by atoms with Crippen LogP contribution in [-0.4, -0.2) is 25.4 Å². The zero-order valence-electron chi connectivity index (χ0n) is 5.89. The molecule has 56 valence electrons. The van der Waals surface area contributed by atoms with Crippen LogP contribution in [0.1, 0.15) is 13.8 Å². The smallest absolute Gasteiger partial charge is 0.154 e. The Balaban J connectivity index is 2.95. The van der Waals surface area contributed by atoms with Gasteiger partial charge in [0.15, 0.2) is 6.29 Å². The van der Waals surface area contributed by atoms with E-state index in [0.717, 1.165) is 0 Å². The van der Waals surface area contributed by atoms with Crippen molar-refractivity contribution in [2.75, 3.05) is 19.1 Å². The van der Waals surface area contributed by atoms with Gasteiger partial charge in [0.05, 0.1) is 6.61 Å². The predicted octanol–water partition coefficient (Wildman–Crippen LogP) is 1.62. The molecule has 0 rings (SSSR count). The number of hydrogen-bond acceptors (Lipinski definition) is 2. The highest BCUT2D eigenvalue weighted by molar-refractivity contribution is 6.17. The first kappa shape index (κ1) is 9.21. The zero-order chi connectivity index (χ0) is 7.11. The maximum absolute atomic E-state index is 5.37. The topological polar surface area (TPSA) is 18.5 Å². The minimum Gasteiger partial charge on any atom is -0.353 e. The Morgan fingerprint density at radius 1 is 1.44 bits per heavy atom. The molecule has 0 aliphatic carbocycles. The molecule has 3 heteroatoms. The van der Waals surface area contributed by atoms with Gasteiger partial charge in [-0.2, -0.15) is 0 Å². The van der Waals surface area contributed by atoms with Crippen molar-refractivity contribution in [2.24, 2.45) is 0 Å². The van der Waals surface area contributed by atoms with E-state index in [2.05, 4.69) is 0 Å². The summed E-state index contributed by atoms with van der Waals surface area (Å²) in [6.45, 7) is 5.03. The van der Waals surface area contributed by atoms with E-state index in [0.29, 0.717) is 19.1 Å². The molecule has 0 bridgehead atoms. The van der Waals surface area contributed by atoms with Gasteiger partial charge in [-0.1, -0.05) is 0 Å². The van der Waals surface area contributed by atoms with Gasteiger partial charge in [-0.3, -0.25) is 0 Å². The highest BCUT2D eigenvalue weighted by atomic mass is 35.5. The van der Waals surface area contributed by atoms with Gasteiger partial charge >= 0.3 is 0 Å². The van der Waals surface area contributed by atoms with E-state index in [1.807, 2.05) is 13.8 Å². The Morgan fingerprint density at radius 2 is 2.11 bits per heavy atom. The summed E-state index contributed by atoms with van der Waals surface area (Å²) in [6.07, 6.45) is -0.117. The molecule has 0 aromatic rings. The van der Waals surface area contributed by atoms with Gasteiger partial charge < -0.3 is 9.47 Å². The SMILES string of the molecule is CCO[C@@H](C)OCCCl. The predicted molar refractivity (Wildman–Crippen MR) is 37.8 cm³/mol. The molecule has 2 nitrogen and oxygen atoms in total. The molecule has 0 aliphatic rings. The fraction of sp³-hybridized carbons (Fsp3) is 1.00. The molecule has 0 fully saturated rings. The molecule has 0 N–H and O–H groups in total. The standard InChI is InChI=1S/C6H13ClO2/c1-3-8-6(2)9-5-4-7/h6H,3-5H2,1-2H3/t6-/m1/s1. The monoisotopic (exact) mass is 152 g/mol. The molecule has 0 amide bonds. The second-order valence-electron chi connectivity index (χ2n) is 1.58. The number of halogens is 1. The van der Waals surface area contributed by atoms with Gasteiger partial charge in [-0.15, -0.1) is 11.6 Å². The number of ether oxygens (including phenoxy) is 2. The van der Waals surface area contributed by atoms with Crippen LogP contribution in [0.4, 0.5) is 0 Å². The second kappa shape index (κ2) is 6.33. The van der Waals surface area contributed by atoms with Crippen molar-refractivity contribution in [1.82, 2.24) is 0 Å². The Hall–Kier alpha value is 0.210. The summed E-state index contributed by atoms with van der Waals surface area (Å²) in [6, 6.07) is 0. The van der Waals surface area contributed by atoms with Crippen LogP contribution in [0.2, 0.25) is 0 Å². The Bertz CT molecular complexity index is 59.0. The van der Waals surface area contributed by atoms with Crippen molar-refractivity contribution in [1.29, 1.82) is 0 Å². The summed E-state index contributed by atoms with van der Waals surface area (Å²) in [5.41, 5.74) is 0. The van der Waals surface area contributed by atoms with E-state index in [-0.39, 0.29) is 6.29 Å². The summed E-state index contributed by atoms with van der Waals surface area (Å²) < 4.78 is 10.1. The van der Waals surface area contributed by atoms with Crippen LogP contribution in [0.25, 0.3) is 0 Å². The normalized spacial score (nSPS) is 13.7. The summed E-state index contributed by atoms with van der Waals surface area (Å²) >= 11 is 5.37. The lowest BCUT2D eigenvalue weighted by Gasteiger charge is -2.10. The van der Waals surface area contributed by atoms with E-state index in [9.17, 15) is 0 Å². The van der Waals surface area contributed by atoms with Crippen LogP contribution in [0.15, 0.2) is 0 Å². The number of rotatable bonds is 5. The van der Waals surface area contributed by atoms with Crippen molar-refractivity contribution >= 4 is 11.6 Å². The Labute approximate surface area is 61.1 Å². The summed E-state index contributed by atoms with van der Waals surface area (Å²) in [5.74, 6) is 0.525. The van der Waals surface area contributed by atoms with E-state index < -0.39 is 0 Å². The lowest BCUT2D eigenvalue weighted by Crippen LogP contribution is -2.13. The van der Waals surface area contributed by atoms with Gasteiger partial charge in [-0.05, 0) is 13.8 Å². The van der Waals surface area contributed by atoms with Crippen LogP contribution in [0, 0.1) is 0 Å². The number of hydrogen-bond donors (Lipinski definition) is 0. The van der Waals surface area contributed by atoms with E-state index in [4.69, 9.17) is 21.1 Å². The van der Waals surface area contributed by atoms with Crippen molar-refractivity contribution < 1.29 is 9.47 Å². The second-order valence-corrected chi connectivity index (χ2v) is 1.96. The van der Waals surface area contributed by atoms with E-state index in [1.54, 1.807) is 0 Å². The molecule has 0 radical (unpaired) electrons. The third-order valence-corrected chi connectivity index (χ3v) is 0.985. The molecular formula is C6H13ClO2. The summed E-state index contributed by atoms with van der Waals surface area (Å²) in [7, 11) is 0. The first-order valence-corrected chi connectivity index (χ1v) is 3.63. The van der Waals surface area contributed by atoms with E-state index in [1.165, 1.54) is 0 Å². The lowest BCUT2D eigenvalue weighted by atomic mass is 10.7. The highest BCUT2D eigenvalue weighted by Gasteiger charge is 1.96. The molecule has 0 heterocycles. The first-order chi connectivity index (χ1) is 4.31. The summed E-state index contributed by atoms with van der Waals surface area (Å²) in [5, 5.41) is 0. The quantitative estimate of drug-likeness (QED) is 0.440. The van der Waals surface area contributed by atoms with Gasteiger partial charge in [0.1, 0.15) is 0 Å². The van der Waals surface area contributed by atoms with Gasteiger partial charge in [0.25, 0.3) is 0 Å². The molecule has 0 aliphatic heterocycles. The van der Waals surface area contributed by atoms with Crippen molar-refractivity contribution in [2.45, 2.75) is 20.1 Å². The molecule has 0 aromatic carbocycles. The Kier molecular flexibility index (Phi) is 6.48. The van der Waals surface area contributed by atoms with Crippen LogP contribution in [-0.2, 0) is 9.47 Å². The van der Waals surface area contributed by atoms with Gasteiger partial charge in [0.2, 0.25) is 0 Å². The molecule has 1 atom stereocenters. The minimum atomic E-state index is -0.117. The van der Waals surface area contributed by atoms with Crippen molar-refractivity contribution in [3.05, 3.63) is 0 Å².